The van der Waals surface area contributed by atoms with Crippen molar-refractivity contribution >= 4 is 17.6 Å². The molecule has 2 N–H and O–H groups in total. The van der Waals surface area contributed by atoms with Gasteiger partial charge in [-0.1, -0.05) is 11.6 Å². The number of likely N-dealkylation sites (tertiary alicyclic amines) is 1. The summed E-state index contributed by atoms with van der Waals surface area (Å²) in [5.74, 6) is -0.290. The first-order chi connectivity index (χ1) is 9.90. The second-order valence-electron chi connectivity index (χ2n) is 5.04. The zero-order valence-corrected chi connectivity index (χ0v) is 12.6. The smallest absolute Gasteiger partial charge is 0.344 e. The van der Waals surface area contributed by atoms with E-state index in [0.717, 1.165) is 5.56 Å². The molecule has 0 radical (unpaired) electrons. The summed E-state index contributed by atoms with van der Waals surface area (Å²) in [4.78, 5) is 13.0. The number of methoxy groups -OCH3 is 1. The minimum absolute atomic E-state index is 0.312. The maximum atomic E-state index is 11.0. The number of carbonyl (C=O) groups is 1. The zero-order chi connectivity index (χ0) is 15.6. The monoisotopic (exact) mass is 315 g/mol. The van der Waals surface area contributed by atoms with Crippen LogP contribution in [0, 0.1) is 0 Å². The average molecular weight is 316 g/mol. The van der Waals surface area contributed by atoms with Crippen molar-refractivity contribution in [3.05, 3.63) is 22.7 Å². The standard InChI is InChI=1S/C14H18ClNO5/c1-8(14(18)19)21-13-9(5-16-6-11(17)7-16)3-10(15)4-12(13)20-2/h3-4,8,11,17H,5-7H2,1-2H3,(H,18,19)/t8-/m0/s1. The molecule has 21 heavy (non-hydrogen) atoms. The van der Waals surface area contributed by atoms with Crippen LogP contribution in [0.2, 0.25) is 5.02 Å². The van der Waals surface area contributed by atoms with E-state index in [0.29, 0.717) is 36.2 Å². The molecule has 0 aromatic heterocycles. The molecule has 0 amide bonds. The third-order valence-corrected chi connectivity index (χ3v) is 3.51. The number of benzene rings is 1. The molecule has 1 aromatic carbocycles. The normalized spacial score (nSPS) is 17.1. The first kappa shape index (κ1) is 15.9. The van der Waals surface area contributed by atoms with Gasteiger partial charge in [0.1, 0.15) is 0 Å². The van der Waals surface area contributed by atoms with Crippen LogP contribution in [-0.4, -0.2) is 53.5 Å². The van der Waals surface area contributed by atoms with Crippen molar-refractivity contribution in [1.82, 2.24) is 4.90 Å². The van der Waals surface area contributed by atoms with Crippen LogP contribution < -0.4 is 9.47 Å². The number of hydrogen-bond donors (Lipinski definition) is 2. The number of hydrogen-bond acceptors (Lipinski definition) is 5. The van der Waals surface area contributed by atoms with E-state index in [4.69, 9.17) is 26.2 Å². The highest BCUT2D eigenvalue weighted by molar-refractivity contribution is 6.30. The molecule has 1 aliphatic rings. The van der Waals surface area contributed by atoms with Crippen LogP contribution in [0.15, 0.2) is 12.1 Å². The molecule has 1 saturated heterocycles. The fourth-order valence-corrected chi connectivity index (χ4v) is 2.40. The Hall–Kier alpha value is -1.50. The predicted molar refractivity (Wildman–Crippen MR) is 77.0 cm³/mol. The van der Waals surface area contributed by atoms with Crippen molar-refractivity contribution in [1.29, 1.82) is 0 Å². The van der Waals surface area contributed by atoms with Gasteiger partial charge in [0, 0.05) is 36.3 Å². The maximum absolute atomic E-state index is 11.0. The molecule has 1 aromatic rings. The molecular weight excluding hydrogens is 298 g/mol. The number of carboxylic acid groups (broad SMARTS) is 1. The Balaban J connectivity index is 2.27. The van der Waals surface area contributed by atoms with Gasteiger partial charge >= 0.3 is 5.97 Å². The van der Waals surface area contributed by atoms with Crippen LogP contribution in [0.25, 0.3) is 0 Å². The summed E-state index contributed by atoms with van der Waals surface area (Å²) in [6.07, 6.45) is -1.31. The van der Waals surface area contributed by atoms with Gasteiger partial charge in [-0.05, 0) is 13.0 Å². The summed E-state index contributed by atoms with van der Waals surface area (Å²) >= 11 is 6.05. The van der Waals surface area contributed by atoms with Gasteiger partial charge in [0.25, 0.3) is 0 Å². The van der Waals surface area contributed by atoms with Crippen LogP contribution in [0.1, 0.15) is 12.5 Å². The lowest BCUT2D eigenvalue weighted by atomic mass is 10.1. The van der Waals surface area contributed by atoms with Gasteiger partial charge < -0.3 is 19.7 Å². The number of β-amino-alcohol motifs (C(OH)–C–C–N with tert-alkyl or cyclic N) is 1. The van der Waals surface area contributed by atoms with Crippen LogP contribution in [0.4, 0.5) is 0 Å². The van der Waals surface area contributed by atoms with Crippen LogP contribution in [0.5, 0.6) is 11.5 Å². The fourth-order valence-electron chi connectivity index (χ4n) is 2.17. The van der Waals surface area contributed by atoms with E-state index in [9.17, 15) is 9.90 Å². The molecule has 1 aliphatic heterocycles. The minimum atomic E-state index is -1.06. The zero-order valence-electron chi connectivity index (χ0n) is 11.9. The van der Waals surface area contributed by atoms with E-state index in [1.807, 2.05) is 4.90 Å². The number of nitrogens with zero attached hydrogens (tertiary/aromatic N) is 1. The summed E-state index contributed by atoms with van der Waals surface area (Å²) < 4.78 is 10.7. The molecule has 1 atom stereocenters. The topological polar surface area (TPSA) is 79.2 Å². The summed E-state index contributed by atoms with van der Waals surface area (Å²) in [5, 5.41) is 18.8. The number of carboxylic acids is 1. The number of aliphatic carboxylic acids is 1. The molecular formula is C14H18ClNO5. The lowest BCUT2D eigenvalue weighted by molar-refractivity contribution is -0.144. The van der Waals surface area contributed by atoms with Crippen molar-refractivity contribution in [3.63, 3.8) is 0 Å². The third kappa shape index (κ3) is 3.78. The Bertz CT molecular complexity index is 530. The third-order valence-electron chi connectivity index (χ3n) is 3.29. The molecule has 0 spiro atoms. The highest BCUT2D eigenvalue weighted by atomic mass is 35.5. The van der Waals surface area contributed by atoms with Gasteiger partial charge in [-0.15, -0.1) is 0 Å². The van der Waals surface area contributed by atoms with Crippen molar-refractivity contribution in [3.8, 4) is 11.5 Å². The maximum Gasteiger partial charge on any atom is 0.344 e. The number of ether oxygens (including phenoxy) is 2. The molecule has 116 valence electrons. The van der Waals surface area contributed by atoms with Gasteiger partial charge in [0.2, 0.25) is 0 Å². The van der Waals surface area contributed by atoms with Crippen molar-refractivity contribution in [2.24, 2.45) is 0 Å². The van der Waals surface area contributed by atoms with E-state index in [-0.39, 0.29) is 6.10 Å². The van der Waals surface area contributed by atoms with Crippen molar-refractivity contribution < 1.29 is 24.5 Å². The summed E-state index contributed by atoms with van der Waals surface area (Å²) in [6.45, 7) is 3.11. The van der Waals surface area contributed by atoms with E-state index < -0.39 is 12.1 Å². The van der Waals surface area contributed by atoms with E-state index >= 15 is 0 Å². The number of aliphatic hydroxyl groups excluding tert-OH is 1. The van der Waals surface area contributed by atoms with E-state index in [1.165, 1.54) is 14.0 Å². The van der Waals surface area contributed by atoms with Gasteiger partial charge in [-0.25, -0.2) is 4.79 Å². The molecule has 6 nitrogen and oxygen atoms in total. The molecule has 0 aliphatic carbocycles. The lowest BCUT2D eigenvalue weighted by Gasteiger charge is -2.36. The van der Waals surface area contributed by atoms with Crippen molar-refractivity contribution in [2.45, 2.75) is 25.7 Å². The summed E-state index contributed by atoms with van der Waals surface area (Å²) in [7, 11) is 1.47. The Kier molecular flexibility index (Phi) is 4.92. The quantitative estimate of drug-likeness (QED) is 0.825. The molecule has 0 bridgehead atoms. The Labute approximate surface area is 127 Å². The van der Waals surface area contributed by atoms with E-state index in [1.54, 1.807) is 12.1 Å². The van der Waals surface area contributed by atoms with Gasteiger partial charge in [0.15, 0.2) is 17.6 Å². The molecule has 7 heteroatoms. The van der Waals surface area contributed by atoms with Crippen molar-refractivity contribution in [2.75, 3.05) is 20.2 Å². The second-order valence-corrected chi connectivity index (χ2v) is 5.48. The highest BCUT2D eigenvalue weighted by Gasteiger charge is 2.27. The fraction of sp³-hybridized carbons (Fsp3) is 0.500. The Morgan fingerprint density at radius 1 is 1.52 bits per heavy atom. The molecule has 2 rings (SSSR count). The number of halogens is 1. The molecule has 1 fully saturated rings. The summed E-state index contributed by atoms with van der Waals surface area (Å²) in [5.41, 5.74) is 0.736. The first-order valence-corrected chi connectivity index (χ1v) is 6.94. The molecule has 1 heterocycles. The SMILES string of the molecule is COc1cc(Cl)cc(CN2CC(O)C2)c1O[C@@H](C)C(=O)O. The number of aliphatic hydroxyl groups is 1. The van der Waals surface area contributed by atoms with Gasteiger partial charge in [0.05, 0.1) is 13.2 Å². The first-order valence-electron chi connectivity index (χ1n) is 6.57. The van der Waals surface area contributed by atoms with Gasteiger partial charge in [-0.2, -0.15) is 0 Å². The van der Waals surface area contributed by atoms with Crippen LogP contribution in [0.3, 0.4) is 0 Å². The minimum Gasteiger partial charge on any atom is -0.493 e. The highest BCUT2D eigenvalue weighted by Crippen LogP contribution is 2.36. The number of rotatable bonds is 6. The van der Waals surface area contributed by atoms with Gasteiger partial charge in [-0.3, -0.25) is 4.90 Å². The van der Waals surface area contributed by atoms with E-state index in [2.05, 4.69) is 0 Å². The summed E-state index contributed by atoms with van der Waals surface area (Å²) in [6, 6.07) is 3.30. The Morgan fingerprint density at radius 3 is 2.71 bits per heavy atom. The second kappa shape index (κ2) is 6.51. The van der Waals surface area contributed by atoms with Crippen LogP contribution in [-0.2, 0) is 11.3 Å². The molecule has 0 unspecified atom stereocenters. The van der Waals surface area contributed by atoms with Crippen LogP contribution >= 0.6 is 11.6 Å². The predicted octanol–water partition coefficient (Wildman–Crippen LogP) is 1.38. The molecule has 0 saturated carbocycles. The Morgan fingerprint density at radius 2 is 2.19 bits per heavy atom. The average Bonchev–Trinajstić information content (AvgIpc) is 2.39. The largest absolute Gasteiger partial charge is 0.493 e. The lowest BCUT2D eigenvalue weighted by Crippen LogP contribution is -2.49.